The highest BCUT2D eigenvalue weighted by Gasteiger charge is 2.14. The molecule has 0 aromatic carbocycles. The fourth-order valence-electron chi connectivity index (χ4n) is 2.28. The largest absolute Gasteiger partial charge is 0.391 e. The minimum atomic E-state index is -0.390. The van der Waals surface area contributed by atoms with Crippen LogP contribution < -0.4 is 5.32 Å². The van der Waals surface area contributed by atoms with Gasteiger partial charge in [0.1, 0.15) is 0 Å². The molecule has 0 spiro atoms. The summed E-state index contributed by atoms with van der Waals surface area (Å²) in [4.78, 5) is 11.5. The van der Waals surface area contributed by atoms with Crippen LogP contribution in [-0.4, -0.2) is 23.7 Å². The Morgan fingerprint density at radius 1 is 1.38 bits per heavy atom. The minimum Gasteiger partial charge on any atom is -0.391 e. The lowest BCUT2D eigenvalue weighted by Gasteiger charge is -2.21. The minimum absolute atomic E-state index is 0.0954. The first-order valence-corrected chi connectivity index (χ1v) is 6.67. The van der Waals surface area contributed by atoms with Gasteiger partial charge in [-0.15, -0.1) is 0 Å². The summed E-state index contributed by atoms with van der Waals surface area (Å²) >= 11 is 0. The van der Waals surface area contributed by atoms with E-state index in [1.807, 2.05) is 6.92 Å². The van der Waals surface area contributed by atoms with Crippen LogP contribution in [0.5, 0.6) is 0 Å². The second-order valence-corrected chi connectivity index (χ2v) is 4.91. The lowest BCUT2D eigenvalue weighted by Crippen LogP contribution is -2.31. The van der Waals surface area contributed by atoms with Crippen LogP contribution in [0.25, 0.3) is 0 Å². The summed E-state index contributed by atoms with van der Waals surface area (Å²) in [6.07, 6.45) is 8.58. The molecule has 0 aromatic rings. The first-order chi connectivity index (χ1) is 7.72. The zero-order chi connectivity index (χ0) is 11.8. The third-order valence-electron chi connectivity index (χ3n) is 3.51. The van der Waals surface area contributed by atoms with Gasteiger partial charge in [-0.25, -0.2) is 0 Å². The van der Waals surface area contributed by atoms with Gasteiger partial charge in [-0.1, -0.05) is 39.0 Å². The van der Waals surface area contributed by atoms with Crippen LogP contribution in [0.2, 0.25) is 0 Å². The van der Waals surface area contributed by atoms with E-state index in [-0.39, 0.29) is 5.91 Å². The van der Waals surface area contributed by atoms with Crippen molar-refractivity contribution >= 4 is 5.91 Å². The van der Waals surface area contributed by atoms with Crippen molar-refractivity contribution in [2.45, 2.75) is 64.4 Å². The number of hydrogen-bond donors (Lipinski definition) is 2. The zero-order valence-electron chi connectivity index (χ0n) is 10.4. The highest BCUT2D eigenvalue weighted by Crippen LogP contribution is 2.27. The van der Waals surface area contributed by atoms with Gasteiger partial charge in [0, 0.05) is 13.0 Å². The summed E-state index contributed by atoms with van der Waals surface area (Å²) in [5.41, 5.74) is 0. The van der Waals surface area contributed by atoms with E-state index in [4.69, 9.17) is 0 Å². The van der Waals surface area contributed by atoms with Gasteiger partial charge in [-0.05, 0) is 18.8 Å². The molecule has 0 heterocycles. The molecule has 1 amide bonds. The van der Waals surface area contributed by atoms with Crippen LogP contribution >= 0.6 is 0 Å². The lowest BCUT2D eigenvalue weighted by atomic mass is 9.86. The van der Waals surface area contributed by atoms with Crippen molar-refractivity contribution in [1.82, 2.24) is 5.32 Å². The number of nitrogens with one attached hydrogen (secondary N) is 1. The van der Waals surface area contributed by atoms with Crippen LogP contribution in [0, 0.1) is 5.92 Å². The monoisotopic (exact) mass is 227 g/mol. The topological polar surface area (TPSA) is 49.3 Å². The molecule has 16 heavy (non-hydrogen) atoms. The Morgan fingerprint density at radius 2 is 2.06 bits per heavy atom. The molecule has 1 fully saturated rings. The molecule has 1 atom stereocenters. The quantitative estimate of drug-likeness (QED) is 0.731. The Kier molecular flexibility index (Phi) is 6.46. The van der Waals surface area contributed by atoms with Crippen molar-refractivity contribution in [3.8, 4) is 0 Å². The molecule has 0 radical (unpaired) electrons. The number of hydrogen-bond acceptors (Lipinski definition) is 2. The Bertz CT molecular complexity index is 200. The Morgan fingerprint density at radius 3 is 2.69 bits per heavy atom. The lowest BCUT2D eigenvalue weighted by molar-refractivity contribution is -0.121. The third-order valence-corrected chi connectivity index (χ3v) is 3.51. The number of amides is 1. The Labute approximate surface area is 98.6 Å². The molecular formula is C13H25NO2. The molecule has 0 aromatic heterocycles. The maximum atomic E-state index is 11.5. The number of carbonyl (C=O) groups excluding carboxylic acids is 1. The average Bonchev–Trinajstić information content (AvgIpc) is 2.34. The van der Waals surface area contributed by atoms with Gasteiger partial charge in [0.15, 0.2) is 0 Å². The van der Waals surface area contributed by atoms with E-state index in [2.05, 4.69) is 5.32 Å². The Balaban J connectivity index is 2.05. The smallest absolute Gasteiger partial charge is 0.220 e. The molecule has 0 saturated heterocycles. The summed E-state index contributed by atoms with van der Waals surface area (Å²) in [5.74, 6) is 0.855. The molecule has 3 heteroatoms. The molecule has 1 aliphatic rings. The molecule has 3 nitrogen and oxygen atoms in total. The van der Waals surface area contributed by atoms with Gasteiger partial charge in [-0.3, -0.25) is 4.79 Å². The molecule has 1 unspecified atom stereocenters. The standard InChI is InChI=1S/C13H25NO2/c1-2-12(15)10-14-13(16)9-8-11-6-4-3-5-7-11/h11-12,15H,2-10H2,1H3,(H,14,16). The van der Waals surface area contributed by atoms with E-state index < -0.39 is 6.10 Å². The summed E-state index contributed by atoms with van der Waals surface area (Å²) < 4.78 is 0. The predicted molar refractivity (Wildman–Crippen MR) is 65.1 cm³/mol. The van der Waals surface area contributed by atoms with E-state index in [0.29, 0.717) is 19.4 Å². The van der Waals surface area contributed by atoms with Crippen LogP contribution in [0.4, 0.5) is 0 Å². The summed E-state index contributed by atoms with van der Waals surface area (Å²) in [6, 6.07) is 0. The van der Waals surface area contributed by atoms with Crippen molar-refractivity contribution < 1.29 is 9.90 Å². The van der Waals surface area contributed by atoms with Gasteiger partial charge >= 0.3 is 0 Å². The van der Waals surface area contributed by atoms with Gasteiger partial charge in [0.2, 0.25) is 5.91 Å². The Hall–Kier alpha value is -0.570. The first kappa shape index (κ1) is 13.5. The van der Waals surface area contributed by atoms with Crippen LogP contribution in [-0.2, 0) is 4.79 Å². The van der Waals surface area contributed by atoms with E-state index >= 15 is 0 Å². The molecule has 1 aliphatic carbocycles. The fraction of sp³-hybridized carbons (Fsp3) is 0.923. The highest BCUT2D eigenvalue weighted by molar-refractivity contribution is 5.75. The summed E-state index contributed by atoms with van der Waals surface area (Å²) in [6.45, 7) is 2.32. The zero-order valence-corrected chi connectivity index (χ0v) is 10.4. The molecule has 0 aliphatic heterocycles. The average molecular weight is 227 g/mol. The maximum absolute atomic E-state index is 11.5. The van der Waals surface area contributed by atoms with Crippen molar-refractivity contribution in [1.29, 1.82) is 0 Å². The summed E-state index contributed by atoms with van der Waals surface area (Å²) in [7, 11) is 0. The SMILES string of the molecule is CCC(O)CNC(=O)CCC1CCCCC1. The summed E-state index contributed by atoms with van der Waals surface area (Å²) in [5, 5.41) is 12.1. The third kappa shape index (κ3) is 5.50. The van der Waals surface area contributed by atoms with E-state index in [1.165, 1.54) is 32.1 Å². The molecular weight excluding hydrogens is 202 g/mol. The van der Waals surface area contributed by atoms with Gasteiger partial charge in [0.25, 0.3) is 0 Å². The molecule has 94 valence electrons. The molecule has 2 N–H and O–H groups in total. The van der Waals surface area contributed by atoms with Crippen LogP contribution in [0.15, 0.2) is 0 Å². The molecule has 1 saturated carbocycles. The second-order valence-electron chi connectivity index (χ2n) is 4.91. The first-order valence-electron chi connectivity index (χ1n) is 6.67. The van der Waals surface area contributed by atoms with Crippen molar-refractivity contribution in [2.75, 3.05) is 6.54 Å². The molecule has 1 rings (SSSR count). The van der Waals surface area contributed by atoms with Crippen molar-refractivity contribution in [3.63, 3.8) is 0 Å². The van der Waals surface area contributed by atoms with Gasteiger partial charge in [-0.2, -0.15) is 0 Å². The number of aliphatic hydroxyl groups is 1. The second kappa shape index (κ2) is 7.66. The van der Waals surface area contributed by atoms with Crippen molar-refractivity contribution in [2.24, 2.45) is 5.92 Å². The van der Waals surface area contributed by atoms with E-state index in [0.717, 1.165) is 12.3 Å². The fourth-order valence-corrected chi connectivity index (χ4v) is 2.28. The maximum Gasteiger partial charge on any atom is 0.220 e. The number of rotatable bonds is 6. The van der Waals surface area contributed by atoms with Crippen LogP contribution in [0.1, 0.15) is 58.3 Å². The van der Waals surface area contributed by atoms with E-state index in [9.17, 15) is 9.90 Å². The van der Waals surface area contributed by atoms with Gasteiger partial charge in [0.05, 0.1) is 6.10 Å². The number of carbonyl (C=O) groups is 1. The normalized spacial score (nSPS) is 19.4. The number of aliphatic hydroxyl groups excluding tert-OH is 1. The highest BCUT2D eigenvalue weighted by atomic mass is 16.3. The van der Waals surface area contributed by atoms with Gasteiger partial charge < -0.3 is 10.4 Å². The predicted octanol–water partition coefficient (Wildman–Crippen LogP) is 2.23. The van der Waals surface area contributed by atoms with Crippen molar-refractivity contribution in [3.05, 3.63) is 0 Å². The van der Waals surface area contributed by atoms with Crippen LogP contribution in [0.3, 0.4) is 0 Å². The molecule has 0 bridgehead atoms. The van der Waals surface area contributed by atoms with E-state index in [1.54, 1.807) is 0 Å².